The van der Waals surface area contributed by atoms with Gasteiger partial charge in [0.25, 0.3) is 5.82 Å². The number of ether oxygens (including phenoxy) is 1. The number of rotatable bonds is 10. The predicted octanol–water partition coefficient (Wildman–Crippen LogP) is 4.67. The van der Waals surface area contributed by atoms with Crippen molar-refractivity contribution in [2.45, 2.75) is 31.8 Å². The Kier molecular flexibility index (Phi) is 7.46. The number of carbonyl (C=O) groups is 1. The van der Waals surface area contributed by atoms with Crippen LogP contribution in [-0.2, 0) is 23.3 Å². The molecule has 1 amide bonds. The third-order valence-corrected chi connectivity index (χ3v) is 6.68. The number of hydrogen-bond acceptors (Lipinski definition) is 2. The van der Waals surface area contributed by atoms with Gasteiger partial charge in [0, 0.05) is 18.9 Å². The van der Waals surface area contributed by atoms with Crippen LogP contribution < -0.4 is 15.0 Å². The Labute approximate surface area is 207 Å². The van der Waals surface area contributed by atoms with Crippen molar-refractivity contribution in [3.05, 3.63) is 126 Å². The van der Waals surface area contributed by atoms with E-state index in [2.05, 4.69) is 40.6 Å². The Balaban J connectivity index is 1.57. The molecule has 3 aromatic carbocycles. The Morgan fingerprint density at radius 1 is 0.971 bits per heavy atom. The van der Waals surface area contributed by atoms with Gasteiger partial charge in [-0.1, -0.05) is 84.9 Å². The van der Waals surface area contributed by atoms with Crippen LogP contribution in [0.25, 0.3) is 6.08 Å². The van der Waals surface area contributed by atoms with E-state index in [1.807, 2.05) is 84.9 Å². The zero-order valence-electron chi connectivity index (χ0n) is 20.3. The number of aryl methyl sites for hydroxylation is 1. The van der Waals surface area contributed by atoms with E-state index in [-0.39, 0.29) is 5.91 Å². The second-order valence-electron chi connectivity index (χ2n) is 8.59. The highest BCUT2D eigenvalue weighted by molar-refractivity contribution is 5.90. The van der Waals surface area contributed by atoms with Crippen molar-refractivity contribution < 1.29 is 14.1 Å². The quantitative estimate of drug-likeness (QED) is 0.345. The fourth-order valence-corrected chi connectivity index (χ4v) is 4.66. The first-order valence-corrected chi connectivity index (χ1v) is 11.8. The van der Waals surface area contributed by atoms with Crippen LogP contribution in [0.5, 0.6) is 5.75 Å². The highest BCUT2D eigenvalue weighted by atomic mass is 16.5. The van der Waals surface area contributed by atoms with E-state index in [0.717, 1.165) is 34.8 Å². The Morgan fingerprint density at radius 2 is 1.57 bits per heavy atom. The number of allylic oxidation sites excluding steroid dienone is 1. The largest absolute Gasteiger partial charge is 0.496 e. The number of para-hydroxylation sites is 1. The molecule has 178 valence electrons. The minimum absolute atomic E-state index is 0.340. The first-order valence-electron chi connectivity index (χ1n) is 11.8. The zero-order chi connectivity index (χ0) is 24.7. The molecule has 0 unspecified atom stereocenters. The van der Waals surface area contributed by atoms with E-state index >= 15 is 0 Å². The normalized spacial score (nSPS) is 11.6. The standard InChI is InChI=1S/C30H31N3O2/c1-24-32(20-11-13-25-12-9-10-18-28(25)35-2)22-23-33(24)21-19-30(29(31)34,26-14-5-3-6-15-26)27-16-7-4-8-17-27/h3-18,22-23H,19-21H2,1-2H3,(H-,31,34)/p+1/b13-11+. The van der Waals surface area contributed by atoms with E-state index in [4.69, 9.17) is 10.5 Å². The first kappa shape index (κ1) is 24.0. The average molecular weight is 467 g/mol. The Bertz CT molecular complexity index is 1250. The molecule has 2 N–H and O–H groups in total. The maximum Gasteiger partial charge on any atom is 0.253 e. The number of primary amides is 1. The summed E-state index contributed by atoms with van der Waals surface area (Å²) in [4.78, 5) is 13.1. The molecular weight excluding hydrogens is 434 g/mol. The molecule has 0 spiro atoms. The number of hydrogen-bond donors (Lipinski definition) is 1. The second kappa shape index (κ2) is 10.9. The van der Waals surface area contributed by atoms with E-state index in [0.29, 0.717) is 13.0 Å². The molecule has 0 bridgehead atoms. The van der Waals surface area contributed by atoms with Crippen LogP contribution in [-0.4, -0.2) is 17.6 Å². The monoisotopic (exact) mass is 466 g/mol. The topological polar surface area (TPSA) is 61.1 Å². The lowest BCUT2D eigenvalue weighted by Gasteiger charge is -2.31. The van der Waals surface area contributed by atoms with Gasteiger partial charge in [-0.2, -0.15) is 0 Å². The molecule has 0 atom stereocenters. The van der Waals surface area contributed by atoms with Gasteiger partial charge in [-0.05, 0) is 23.3 Å². The van der Waals surface area contributed by atoms with Crippen molar-refractivity contribution in [3.8, 4) is 5.75 Å². The van der Waals surface area contributed by atoms with E-state index in [9.17, 15) is 4.79 Å². The molecule has 0 aliphatic rings. The fourth-order valence-electron chi connectivity index (χ4n) is 4.66. The minimum Gasteiger partial charge on any atom is -0.496 e. The molecule has 1 aromatic heterocycles. The smallest absolute Gasteiger partial charge is 0.253 e. The number of aromatic nitrogens is 2. The van der Waals surface area contributed by atoms with Crippen LogP contribution in [0.15, 0.2) is 103 Å². The number of amides is 1. The summed E-state index contributed by atoms with van der Waals surface area (Å²) in [5, 5.41) is 0. The fraction of sp³-hybridized carbons (Fsp3) is 0.200. The molecule has 5 heteroatoms. The molecule has 4 rings (SSSR count). The zero-order valence-corrected chi connectivity index (χ0v) is 20.3. The van der Waals surface area contributed by atoms with Crippen LogP contribution in [0.2, 0.25) is 0 Å². The van der Waals surface area contributed by atoms with Crippen molar-refractivity contribution in [1.82, 2.24) is 4.57 Å². The summed E-state index contributed by atoms with van der Waals surface area (Å²) in [7, 11) is 1.68. The average Bonchev–Trinajstić information content (AvgIpc) is 3.25. The van der Waals surface area contributed by atoms with Crippen molar-refractivity contribution >= 4 is 12.0 Å². The van der Waals surface area contributed by atoms with Gasteiger partial charge in [0.15, 0.2) is 0 Å². The molecule has 4 aromatic rings. The summed E-state index contributed by atoms with van der Waals surface area (Å²) in [6.07, 6.45) is 8.89. The van der Waals surface area contributed by atoms with Crippen molar-refractivity contribution in [2.24, 2.45) is 5.73 Å². The number of nitrogens with zero attached hydrogens (tertiary/aromatic N) is 2. The minimum atomic E-state index is -0.909. The maximum absolute atomic E-state index is 13.1. The SMILES string of the molecule is COc1ccccc1/C=C/C[n+]1ccn(CCC(C(N)=O)(c2ccccc2)c2ccccc2)c1C. The van der Waals surface area contributed by atoms with Gasteiger partial charge in [0.05, 0.1) is 13.7 Å². The third kappa shape index (κ3) is 5.04. The van der Waals surface area contributed by atoms with Crippen LogP contribution in [0.1, 0.15) is 28.9 Å². The lowest BCUT2D eigenvalue weighted by Crippen LogP contribution is -2.43. The molecule has 5 nitrogen and oxygen atoms in total. The maximum atomic E-state index is 13.1. The molecule has 0 aliphatic heterocycles. The number of nitrogens with two attached hydrogens (primary N) is 1. The van der Waals surface area contributed by atoms with E-state index < -0.39 is 5.41 Å². The van der Waals surface area contributed by atoms with Gasteiger partial charge in [0.1, 0.15) is 30.1 Å². The predicted molar refractivity (Wildman–Crippen MR) is 139 cm³/mol. The van der Waals surface area contributed by atoms with Crippen molar-refractivity contribution in [1.29, 1.82) is 0 Å². The summed E-state index contributed by atoms with van der Waals surface area (Å²) in [5.74, 6) is 1.62. The molecule has 0 saturated heterocycles. The Hall–Kier alpha value is -4.12. The molecule has 0 saturated carbocycles. The molecule has 0 radical (unpaired) electrons. The summed E-state index contributed by atoms with van der Waals surface area (Å²) in [6.45, 7) is 3.48. The molecule has 0 fully saturated rings. The molecule has 35 heavy (non-hydrogen) atoms. The number of carbonyl (C=O) groups excluding carboxylic acids is 1. The summed E-state index contributed by atoms with van der Waals surface area (Å²) >= 11 is 0. The van der Waals surface area contributed by atoms with E-state index in [1.165, 1.54) is 0 Å². The lowest BCUT2D eigenvalue weighted by molar-refractivity contribution is -0.692. The number of methoxy groups -OCH3 is 1. The van der Waals surface area contributed by atoms with Crippen LogP contribution >= 0.6 is 0 Å². The molecular formula is C30H32N3O2+. The van der Waals surface area contributed by atoms with Gasteiger partial charge < -0.3 is 10.5 Å². The number of imidazole rings is 1. The summed E-state index contributed by atoms with van der Waals surface area (Å²) < 4.78 is 9.80. The van der Waals surface area contributed by atoms with Gasteiger partial charge in [-0.25, -0.2) is 9.13 Å². The van der Waals surface area contributed by atoms with Crippen molar-refractivity contribution in [3.63, 3.8) is 0 Å². The highest BCUT2D eigenvalue weighted by Crippen LogP contribution is 2.36. The summed E-state index contributed by atoms with van der Waals surface area (Å²) in [6, 6.07) is 27.7. The van der Waals surface area contributed by atoms with E-state index in [1.54, 1.807) is 7.11 Å². The number of benzene rings is 3. The van der Waals surface area contributed by atoms with Crippen LogP contribution in [0.4, 0.5) is 0 Å². The van der Waals surface area contributed by atoms with Gasteiger partial charge in [-0.3, -0.25) is 4.79 Å². The Morgan fingerprint density at radius 3 is 2.17 bits per heavy atom. The van der Waals surface area contributed by atoms with Crippen molar-refractivity contribution in [2.75, 3.05) is 7.11 Å². The third-order valence-electron chi connectivity index (χ3n) is 6.68. The lowest BCUT2D eigenvalue weighted by atomic mass is 9.71. The molecule has 0 aliphatic carbocycles. The van der Waals surface area contributed by atoms with Gasteiger partial charge >= 0.3 is 0 Å². The highest BCUT2D eigenvalue weighted by Gasteiger charge is 2.40. The molecule has 1 heterocycles. The van der Waals surface area contributed by atoms with Crippen LogP contribution in [0.3, 0.4) is 0 Å². The van der Waals surface area contributed by atoms with Gasteiger partial charge in [-0.15, -0.1) is 0 Å². The second-order valence-corrected chi connectivity index (χ2v) is 8.59. The first-order chi connectivity index (χ1) is 17.1. The van der Waals surface area contributed by atoms with Gasteiger partial charge in [0.2, 0.25) is 5.91 Å². The van der Waals surface area contributed by atoms with Crippen LogP contribution in [0, 0.1) is 6.92 Å². The summed E-state index contributed by atoms with van der Waals surface area (Å²) in [5.41, 5.74) is 8.08.